The first-order valence-corrected chi connectivity index (χ1v) is 13.1. The number of nitrogens with zero attached hydrogens (tertiary/aromatic N) is 3. The number of benzene rings is 1. The summed E-state index contributed by atoms with van der Waals surface area (Å²) < 4.78 is 35.2. The first kappa shape index (κ1) is 23.3. The number of hydrogen-bond donors (Lipinski definition) is 3. The lowest BCUT2D eigenvalue weighted by molar-refractivity contribution is 0.256. The molecule has 0 atom stereocenters. The van der Waals surface area contributed by atoms with Crippen molar-refractivity contribution in [3.63, 3.8) is 0 Å². The number of amides is 2. The zero-order valence-electron chi connectivity index (χ0n) is 19.7. The van der Waals surface area contributed by atoms with E-state index in [2.05, 4.69) is 31.5 Å². The van der Waals surface area contributed by atoms with Gasteiger partial charge in [-0.1, -0.05) is 12.1 Å². The minimum Gasteiger partial charge on any atom is -0.481 e. The Labute approximate surface area is 204 Å². The molecule has 3 N–H and O–H groups in total. The molecule has 2 heterocycles. The molecule has 1 saturated carbocycles. The number of aryl methyl sites for hydroxylation is 1. The van der Waals surface area contributed by atoms with E-state index in [0.717, 1.165) is 60.1 Å². The quantitative estimate of drug-likeness (QED) is 0.437. The zero-order chi connectivity index (χ0) is 24.6. The number of methoxy groups -OCH3 is 1. The van der Waals surface area contributed by atoms with Gasteiger partial charge in [-0.3, -0.25) is 4.68 Å². The van der Waals surface area contributed by atoms with Crippen molar-refractivity contribution < 1.29 is 17.9 Å². The lowest BCUT2D eigenvalue weighted by Crippen LogP contribution is -2.35. The lowest BCUT2D eigenvalue weighted by Gasteiger charge is -2.17. The van der Waals surface area contributed by atoms with Gasteiger partial charge in [0.25, 0.3) is 10.0 Å². The van der Waals surface area contributed by atoms with Gasteiger partial charge >= 0.3 is 6.03 Å². The predicted octanol–water partition coefficient (Wildman–Crippen LogP) is 3.01. The number of carbonyl (C=O) groups is 1. The molecule has 184 valence electrons. The molecule has 1 fully saturated rings. The SMILES string of the molecule is CNCc1cc(S(=O)(=O)NC(=O)Nc2c(-c3ccnc(OC)c3)ccc3c2CCC3)nn1C1CC1. The number of anilines is 1. The molecule has 0 unspecified atom stereocenters. The van der Waals surface area contributed by atoms with E-state index in [9.17, 15) is 13.2 Å². The van der Waals surface area contributed by atoms with Crippen LogP contribution in [0.4, 0.5) is 10.5 Å². The summed E-state index contributed by atoms with van der Waals surface area (Å²) in [5.41, 5.74) is 5.11. The van der Waals surface area contributed by atoms with Gasteiger partial charge in [0, 0.05) is 30.4 Å². The fourth-order valence-electron chi connectivity index (χ4n) is 4.54. The number of ether oxygens (including phenoxy) is 1. The highest BCUT2D eigenvalue weighted by Gasteiger charge is 2.31. The van der Waals surface area contributed by atoms with Crippen LogP contribution in [-0.2, 0) is 29.4 Å². The molecular formula is C24H28N6O4S. The maximum Gasteiger partial charge on any atom is 0.333 e. The third-order valence-corrected chi connectivity index (χ3v) is 7.52. The zero-order valence-corrected chi connectivity index (χ0v) is 20.5. The predicted molar refractivity (Wildman–Crippen MR) is 131 cm³/mol. The number of carbonyl (C=O) groups excluding carboxylic acids is 1. The number of fused-ring (bicyclic) bond motifs is 1. The lowest BCUT2D eigenvalue weighted by atomic mass is 9.98. The van der Waals surface area contributed by atoms with Crippen LogP contribution in [0.1, 0.15) is 42.1 Å². The number of nitrogens with one attached hydrogen (secondary N) is 3. The van der Waals surface area contributed by atoms with Crippen LogP contribution >= 0.6 is 0 Å². The number of urea groups is 1. The minimum absolute atomic E-state index is 0.165. The highest BCUT2D eigenvalue weighted by molar-refractivity contribution is 7.90. The summed E-state index contributed by atoms with van der Waals surface area (Å²) in [6, 6.07) is 8.49. The van der Waals surface area contributed by atoms with Crippen LogP contribution < -0.4 is 20.1 Å². The number of rotatable bonds is 8. The van der Waals surface area contributed by atoms with Crippen LogP contribution in [0.3, 0.4) is 0 Å². The van der Waals surface area contributed by atoms with Crippen LogP contribution in [0.25, 0.3) is 11.1 Å². The van der Waals surface area contributed by atoms with Gasteiger partial charge in [0.2, 0.25) is 5.88 Å². The highest BCUT2D eigenvalue weighted by Crippen LogP contribution is 2.38. The van der Waals surface area contributed by atoms with E-state index in [-0.39, 0.29) is 11.1 Å². The molecule has 0 bridgehead atoms. The van der Waals surface area contributed by atoms with Crippen molar-refractivity contribution in [1.29, 1.82) is 0 Å². The molecule has 2 aromatic heterocycles. The molecule has 2 aliphatic carbocycles. The van der Waals surface area contributed by atoms with E-state index < -0.39 is 16.1 Å². The summed E-state index contributed by atoms with van der Waals surface area (Å²) in [7, 11) is -0.829. The van der Waals surface area contributed by atoms with Crippen LogP contribution in [-0.4, -0.2) is 43.4 Å². The van der Waals surface area contributed by atoms with Crippen molar-refractivity contribution in [3.8, 4) is 17.0 Å². The molecule has 2 amide bonds. The Bertz CT molecular complexity index is 1380. The summed E-state index contributed by atoms with van der Waals surface area (Å²) >= 11 is 0. The molecule has 0 radical (unpaired) electrons. The van der Waals surface area contributed by atoms with Crippen LogP contribution in [0.5, 0.6) is 5.88 Å². The van der Waals surface area contributed by atoms with Gasteiger partial charge in [-0.2, -0.15) is 13.5 Å². The summed E-state index contributed by atoms with van der Waals surface area (Å²) in [4.78, 5) is 17.1. The Morgan fingerprint density at radius 2 is 2.03 bits per heavy atom. The van der Waals surface area contributed by atoms with Gasteiger partial charge in [0.05, 0.1) is 24.5 Å². The van der Waals surface area contributed by atoms with E-state index in [1.54, 1.807) is 31.1 Å². The van der Waals surface area contributed by atoms with E-state index >= 15 is 0 Å². The summed E-state index contributed by atoms with van der Waals surface area (Å²) in [5.74, 6) is 0.449. The van der Waals surface area contributed by atoms with Crippen LogP contribution in [0.15, 0.2) is 41.6 Å². The highest BCUT2D eigenvalue weighted by atomic mass is 32.2. The topological polar surface area (TPSA) is 127 Å². The van der Waals surface area contributed by atoms with Crippen molar-refractivity contribution in [2.75, 3.05) is 19.5 Å². The first-order chi connectivity index (χ1) is 16.9. The second kappa shape index (κ2) is 9.31. The average Bonchev–Trinajstić information content (AvgIpc) is 3.40. The molecule has 0 spiro atoms. The largest absolute Gasteiger partial charge is 0.481 e. The maximum absolute atomic E-state index is 13.0. The molecular weight excluding hydrogens is 468 g/mol. The molecule has 11 heteroatoms. The van der Waals surface area contributed by atoms with E-state index in [1.165, 1.54) is 6.07 Å². The van der Waals surface area contributed by atoms with Crippen molar-refractivity contribution in [1.82, 2.24) is 24.8 Å². The fourth-order valence-corrected chi connectivity index (χ4v) is 5.43. The monoisotopic (exact) mass is 496 g/mol. The van der Waals surface area contributed by atoms with E-state index in [1.807, 2.05) is 12.1 Å². The number of sulfonamides is 1. The number of hydrogen-bond acceptors (Lipinski definition) is 7. The Morgan fingerprint density at radius 1 is 1.20 bits per heavy atom. The molecule has 0 saturated heterocycles. The Balaban J connectivity index is 1.43. The van der Waals surface area contributed by atoms with Gasteiger partial charge in [0.1, 0.15) is 0 Å². The maximum atomic E-state index is 13.0. The van der Waals surface area contributed by atoms with E-state index in [0.29, 0.717) is 18.1 Å². The minimum atomic E-state index is -4.16. The Hall–Kier alpha value is -3.44. The van der Waals surface area contributed by atoms with Crippen LogP contribution in [0, 0.1) is 0 Å². The van der Waals surface area contributed by atoms with E-state index in [4.69, 9.17) is 4.74 Å². The van der Waals surface area contributed by atoms with Gasteiger partial charge in [-0.05, 0) is 61.9 Å². The van der Waals surface area contributed by atoms with Crippen molar-refractivity contribution in [2.24, 2.45) is 0 Å². The molecule has 10 nitrogen and oxygen atoms in total. The van der Waals surface area contributed by atoms with Crippen molar-refractivity contribution in [2.45, 2.75) is 49.7 Å². The second-order valence-electron chi connectivity index (χ2n) is 8.81. The van der Waals surface area contributed by atoms with Crippen LogP contribution in [0.2, 0.25) is 0 Å². The first-order valence-electron chi connectivity index (χ1n) is 11.6. The van der Waals surface area contributed by atoms with Crippen molar-refractivity contribution >= 4 is 21.7 Å². The van der Waals surface area contributed by atoms with Crippen molar-refractivity contribution in [3.05, 3.63) is 53.3 Å². The normalized spacial score (nSPS) is 15.0. The third kappa shape index (κ3) is 4.73. The molecule has 35 heavy (non-hydrogen) atoms. The molecule has 5 rings (SSSR count). The average molecular weight is 497 g/mol. The smallest absolute Gasteiger partial charge is 0.333 e. The Morgan fingerprint density at radius 3 is 2.77 bits per heavy atom. The Kier molecular flexibility index (Phi) is 6.20. The third-order valence-electron chi connectivity index (χ3n) is 6.32. The molecule has 0 aliphatic heterocycles. The number of pyridine rings is 1. The standard InChI is InChI=1S/C24H28N6O4S/c1-25-14-18-13-22(28-30(18)17-7-8-17)35(32,33)29-24(31)27-23-19-5-3-4-15(19)6-9-20(23)16-10-11-26-21(12-16)34-2/h6,9-13,17,25H,3-5,7-8,14H2,1-2H3,(H2,27,29,31). The number of aromatic nitrogens is 3. The summed E-state index contributed by atoms with van der Waals surface area (Å²) in [6.07, 6.45) is 6.25. The van der Waals surface area contributed by atoms with Gasteiger partial charge in [-0.25, -0.2) is 14.5 Å². The molecule has 1 aromatic carbocycles. The van der Waals surface area contributed by atoms with Gasteiger partial charge < -0.3 is 15.4 Å². The molecule has 2 aliphatic rings. The second-order valence-corrected chi connectivity index (χ2v) is 10.4. The van der Waals surface area contributed by atoms with Gasteiger partial charge in [0.15, 0.2) is 5.03 Å². The molecule has 3 aromatic rings. The van der Waals surface area contributed by atoms with Gasteiger partial charge in [-0.15, -0.1) is 0 Å². The summed E-state index contributed by atoms with van der Waals surface area (Å²) in [5, 5.41) is 9.97. The summed E-state index contributed by atoms with van der Waals surface area (Å²) in [6.45, 7) is 0.486. The fraction of sp³-hybridized carbons (Fsp3) is 0.375.